The number of hydrazine groups is 2. The van der Waals surface area contributed by atoms with Crippen molar-refractivity contribution in [3.05, 3.63) is 52.1 Å². The molecule has 0 bridgehead atoms. The van der Waals surface area contributed by atoms with Crippen molar-refractivity contribution in [2.24, 2.45) is 0 Å². The van der Waals surface area contributed by atoms with Crippen LogP contribution in [0.15, 0.2) is 11.6 Å². The number of hydrogen-bond donors (Lipinski definition) is 2. The Morgan fingerprint density at radius 3 is 1.06 bits per heavy atom. The summed E-state index contributed by atoms with van der Waals surface area (Å²) in [6.45, 7) is 0. The van der Waals surface area contributed by atoms with Crippen LogP contribution in [0.25, 0.3) is 0 Å². The molecule has 0 aromatic carbocycles. The number of nitrogens with zero attached hydrogens (tertiary/aromatic N) is 4. The van der Waals surface area contributed by atoms with Crippen LogP contribution in [0.4, 0.5) is 0 Å². The van der Waals surface area contributed by atoms with Crippen LogP contribution in [-0.4, -0.2) is 19.9 Å². The third kappa shape index (κ3) is 3.77. The largest absolute Gasteiger partial charge is 0.479 e. The van der Waals surface area contributed by atoms with Crippen molar-refractivity contribution in [1.29, 1.82) is 0 Å². The molecular weight excluding hydrogens is 236 g/mol. The van der Waals surface area contributed by atoms with Crippen LogP contribution in [0.3, 0.4) is 0 Å². The van der Waals surface area contributed by atoms with Crippen LogP contribution in [0.5, 0.6) is 0 Å². The quantitative estimate of drug-likeness (QED) is 0.394. The SMILES string of the molecule is O=[N+]([O-])NC(=C(N[N+](=O)[O-])[N+](=O)[O-])[N+](=O)[O-]. The van der Waals surface area contributed by atoms with Gasteiger partial charge in [-0.05, 0) is 9.85 Å². The zero-order valence-electron chi connectivity index (χ0n) is 7.05. The van der Waals surface area contributed by atoms with Gasteiger partial charge in [0, 0.05) is 10.9 Å². The topological polar surface area (TPSA) is 197 Å². The van der Waals surface area contributed by atoms with Gasteiger partial charge in [0.15, 0.2) is 0 Å². The lowest BCUT2D eigenvalue weighted by Crippen LogP contribution is -2.35. The number of rotatable bonds is 6. The number of nitrogens with one attached hydrogen (secondary N) is 2. The predicted octanol–water partition coefficient (Wildman–Crippen LogP) is -1.77. The Hall–Kier alpha value is -3.06. The van der Waals surface area contributed by atoms with Gasteiger partial charge < -0.3 is 20.2 Å². The fraction of sp³-hybridized carbons (Fsp3) is 0. The lowest BCUT2D eigenvalue weighted by atomic mass is 10.7. The molecule has 0 unspecified atom stereocenters. The molecule has 0 atom stereocenters. The molecule has 14 heteroatoms. The molecule has 0 saturated heterocycles. The van der Waals surface area contributed by atoms with Crippen LogP contribution < -0.4 is 10.9 Å². The minimum absolute atomic E-state index is 0.860. The maximum atomic E-state index is 10.2. The van der Waals surface area contributed by atoms with E-state index in [2.05, 4.69) is 0 Å². The lowest BCUT2D eigenvalue weighted by Gasteiger charge is -1.97. The van der Waals surface area contributed by atoms with E-state index in [1.54, 1.807) is 0 Å². The minimum Gasteiger partial charge on any atom is -0.358 e. The molecule has 0 radical (unpaired) electrons. The Balaban J connectivity index is 5.43. The van der Waals surface area contributed by atoms with Gasteiger partial charge in [-0.3, -0.25) is 0 Å². The standard InChI is InChI=1S/C2H2N6O8/c9-5(10)1(3-7(13)14)2(6(11)12)4-8(15)16/h3-4H. The number of nitro groups is 4. The maximum absolute atomic E-state index is 10.2. The van der Waals surface area contributed by atoms with Crippen molar-refractivity contribution < 1.29 is 19.9 Å². The molecule has 0 saturated carbocycles. The van der Waals surface area contributed by atoms with Crippen molar-refractivity contribution in [2.75, 3.05) is 0 Å². The second kappa shape index (κ2) is 4.98. The zero-order valence-corrected chi connectivity index (χ0v) is 7.05. The van der Waals surface area contributed by atoms with Crippen molar-refractivity contribution >= 4 is 0 Å². The molecule has 2 N–H and O–H groups in total. The van der Waals surface area contributed by atoms with E-state index in [0.717, 1.165) is 10.9 Å². The lowest BCUT2D eigenvalue weighted by molar-refractivity contribution is -0.605. The van der Waals surface area contributed by atoms with Gasteiger partial charge in [0.1, 0.15) is 0 Å². The van der Waals surface area contributed by atoms with E-state index in [4.69, 9.17) is 0 Å². The van der Waals surface area contributed by atoms with Crippen LogP contribution >= 0.6 is 0 Å². The van der Waals surface area contributed by atoms with Crippen molar-refractivity contribution in [2.45, 2.75) is 0 Å². The first-order valence-corrected chi connectivity index (χ1v) is 3.11. The van der Waals surface area contributed by atoms with E-state index < -0.39 is 31.6 Å². The highest BCUT2D eigenvalue weighted by Gasteiger charge is 2.35. The van der Waals surface area contributed by atoms with Gasteiger partial charge in [-0.2, -0.15) is 0 Å². The third-order valence-corrected chi connectivity index (χ3v) is 0.984. The second-order valence-electron chi connectivity index (χ2n) is 1.95. The first-order valence-electron chi connectivity index (χ1n) is 3.11. The van der Waals surface area contributed by atoms with Gasteiger partial charge in [-0.25, -0.2) is 20.2 Å². The van der Waals surface area contributed by atoms with Gasteiger partial charge >= 0.3 is 11.6 Å². The Labute approximate surface area is 84.1 Å². The molecule has 0 rings (SSSR count). The smallest absolute Gasteiger partial charge is 0.358 e. The number of hydrogen-bond acceptors (Lipinski definition) is 8. The van der Waals surface area contributed by atoms with E-state index in [1.807, 2.05) is 0 Å². The molecule has 88 valence electrons. The van der Waals surface area contributed by atoms with E-state index in [-0.39, 0.29) is 0 Å². The van der Waals surface area contributed by atoms with E-state index >= 15 is 0 Å². The minimum atomic E-state index is -1.76. The summed E-state index contributed by atoms with van der Waals surface area (Å²) in [4.78, 5) is 37.0. The summed E-state index contributed by atoms with van der Waals surface area (Å²) in [5, 5.41) is 37.1. The molecule has 0 aromatic heterocycles. The molecule has 0 spiro atoms. The maximum Gasteiger partial charge on any atom is 0.479 e. The predicted molar refractivity (Wildman–Crippen MR) is 41.3 cm³/mol. The Bertz CT molecular complexity index is 348. The molecule has 14 nitrogen and oxygen atoms in total. The first-order chi connectivity index (χ1) is 7.25. The van der Waals surface area contributed by atoms with Gasteiger partial charge in [-0.15, -0.1) is 0 Å². The van der Waals surface area contributed by atoms with E-state index in [1.165, 1.54) is 0 Å². The van der Waals surface area contributed by atoms with E-state index in [9.17, 15) is 40.5 Å². The molecule has 0 fully saturated rings. The Morgan fingerprint density at radius 1 is 0.688 bits per heavy atom. The highest BCUT2D eigenvalue weighted by molar-refractivity contribution is 4.91. The van der Waals surface area contributed by atoms with Crippen molar-refractivity contribution in [3.8, 4) is 0 Å². The summed E-state index contributed by atoms with van der Waals surface area (Å²) in [5.41, 5.74) is 1.72. The van der Waals surface area contributed by atoms with Gasteiger partial charge in [0.25, 0.3) is 0 Å². The molecule has 0 aliphatic carbocycles. The molecule has 16 heavy (non-hydrogen) atoms. The van der Waals surface area contributed by atoms with Gasteiger partial charge in [0.05, 0.1) is 0 Å². The highest BCUT2D eigenvalue weighted by atomic mass is 16.7. The molecule has 0 aromatic rings. The fourth-order valence-electron chi connectivity index (χ4n) is 0.533. The van der Waals surface area contributed by atoms with Crippen molar-refractivity contribution in [3.63, 3.8) is 0 Å². The third-order valence-electron chi connectivity index (χ3n) is 0.984. The zero-order chi connectivity index (χ0) is 12.9. The molecular formula is C2H2N6O8. The summed E-state index contributed by atoms with van der Waals surface area (Å²) < 4.78 is 0. The molecule has 0 aliphatic heterocycles. The van der Waals surface area contributed by atoms with Crippen molar-refractivity contribution in [1.82, 2.24) is 10.9 Å². The van der Waals surface area contributed by atoms with Gasteiger partial charge in [-0.1, -0.05) is 0 Å². The van der Waals surface area contributed by atoms with Gasteiger partial charge in [0.2, 0.25) is 10.1 Å². The first kappa shape index (κ1) is 12.9. The second-order valence-corrected chi connectivity index (χ2v) is 1.95. The Morgan fingerprint density at radius 2 is 0.938 bits per heavy atom. The van der Waals surface area contributed by atoms with E-state index in [0.29, 0.717) is 0 Å². The molecule has 0 aliphatic rings. The average Bonchev–Trinajstić information content (AvgIpc) is 2.09. The average molecular weight is 238 g/mol. The molecule has 0 heterocycles. The summed E-state index contributed by atoms with van der Waals surface area (Å²) in [5.74, 6) is -3.52. The summed E-state index contributed by atoms with van der Waals surface area (Å²) in [7, 11) is 0. The summed E-state index contributed by atoms with van der Waals surface area (Å²) in [6, 6.07) is 0. The molecule has 0 amide bonds. The van der Waals surface area contributed by atoms with Crippen LogP contribution in [0.1, 0.15) is 0 Å². The van der Waals surface area contributed by atoms with Crippen LogP contribution in [-0.2, 0) is 0 Å². The Kier molecular flexibility index (Phi) is 4.03. The fourth-order valence-corrected chi connectivity index (χ4v) is 0.533. The van der Waals surface area contributed by atoms with Crippen LogP contribution in [0, 0.1) is 40.5 Å². The monoisotopic (exact) mass is 238 g/mol. The highest BCUT2D eigenvalue weighted by Crippen LogP contribution is 2.00. The summed E-state index contributed by atoms with van der Waals surface area (Å²) >= 11 is 0. The normalized spacial score (nSPS) is 11.0. The summed E-state index contributed by atoms with van der Waals surface area (Å²) in [6.07, 6.45) is 0. The van der Waals surface area contributed by atoms with Crippen LogP contribution in [0.2, 0.25) is 0 Å².